The first kappa shape index (κ1) is 16.1. The third-order valence-electron chi connectivity index (χ3n) is 3.67. The predicted molar refractivity (Wildman–Crippen MR) is 100 cm³/mol. The second-order valence-corrected chi connectivity index (χ2v) is 5.83. The van der Waals surface area contributed by atoms with Crippen molar-refractivity contribution in [2.24, 2.45) is 0 Å². The number of rotatable bonds is 3. The van der Waals surface area contributed by atoms with Crippen LogP contribution >= 0.6 is 11.6 Å². The van der Waals surface area contributed by atoms with Crippen LogP contribution in [0.15, 0.2) is 78.9 Å². The predicted octanol–water partition coefficient (Wildman–Crippen LogP) is 6.02. The molecule has 1 N–H and O–H groups in total. The molecule has 3 nitrogen and oxygen atoms in total. The Kier molecular flexibility index (Phi) is 4.82. The van der Waals surface area contributed by atoms with E-state index in [9.17, 15) is 4.79 Å². The number of nitrogens with one attached hydrogen (secondary N) is 1. The van der Waals surface area contributed by atoms with Crippen LogP contribution in [-0.2, 0) is 0 Å². The Morgan fingerprint density at radius 1 is 0.875 bits per heavy atom. The van der Waals surface area contributed by atoms with Gasteiger partial charge < -0.3 is 5.32 Å². The number of amides is 2. The highest BCUT2D eigenvalue weighted by Crippen LogP contribution is 2.27. The zero-order chi connectivity index (χ0) is 16.9. The average molecular weight is 337 g/mol. The van der Waals surface area contributed by atoms with Crippen molar-refractivity contribution in [3.8, 4) is 0 Å². The van der Waals surface area contributed by atoms with E-state index in [1.165, 1.54) is 0 Å². The maximum absolute atomic E-state index is 12.9. The molecule has 0 aliphatic rings. The third-order valence-corrected chi connectivity index (χ3v) is 3.91. The van der Waals surface area contributed by atoms with Gasteiger partial charge in [0.05, 0.1) is 11.4 Å². The molecule has 0 heterocycles. The van der Waals surface area contributed by atoms with E-state index in [0.29, 0.717) is 10.7 Å². The largest absolute Gasteiger partial charge is 0.330 e. The first-order valence-corrected chi connectivity index (χ1v) is 8.00. The molecule has 24 heavy (non-hydrogen) atoms. The van der Waals surface area contributed by atoms with Crippen LogP contribution in [0, 0.1) is 6.92 Å². The molecule has 0 bridgehead atoms. The molecule has 0 aromatic heterocycles. The molecule has 0 aliphatic heterocycles. The molecular formula is C20H17ClN2O. The maximum Gasteiger partial charge on any atom is 0.330 e. The van der Waals surface area contributed by atoms with Crippen molar-refractivity contribution in [1.29, 1.82) is 0 Å². The summed E-state index contributed by atoms with van der Waals surface area (Å²) in [7, 11) is 0. The topological polar surface area (TPSA) is 32.3 Å². The monoisotopic (exact) mass is 336 g/mol. The zero-order valence-corrected chi connectivity index (χ0v) is 14.0. The Bertz CT molecular complexity index is 795. The lowest BCUT2D eigenvalue weighted by Gasteiger charge is -2.24. The van der Waals surface area contributed by atoms with Gasteiger partial charge in [0.2, 0.25) is 0 Å². The first-order chi connectivity index (χ1) is 11.6. The van der Waals surface area contributed by atoms with Crippen LogP contribution in [0.25, 0.3) is 0 Å². The van der Waals surface area contributed by atoms with E-state index in [0.717, 1.165) is 16.9 Å². The van der Waals surface area contributed by atoms with E-state index in [2.05, 4.69) is 5.32 Å². The van der Waals surface area contributed by atoms with Crippen LogP contribution in [-0.4, -0.2) is 6.03 Å². The van der Waals surface area contributed by atoms with Gasteiger partial charge in [-0.05, 0) is 48.9 Å². The summed E-state index contributed by atoms with van der Waals surface area (Å²) < 4.78 is 0. The maximum atomic E-state index is 12.9. The quantitative estimate of drug-likeness (QED) is 0.623. The molecule has 0 saturated carbocycles. The van der Waals surface area contributed by atoms with Crippen LogP contribution in [0.4, 0.5) is 21.9 Å². The van der Waals surface area contributed by atoms with Crippen molar-refractivity contribution in [1.82, 2.24) is 0 Å². The van der Waals surface area contributed by atoms with Crippen LogP contribution in [0.3, 0.4) is 0 Å². The fourth-order valence-electron chi connectivity index (χ4n) is 2.44. The van der Waals surface area contributed by atoms with Crippen molar-refractivity contribution in [2.45, 2.75) is 6.92 Å². The van der Waals surface area contributed by atoms with Gasteiger partial charge in [-0.2, -0.15) is 0 Å². The Morgan fingerprint density at radius 3 is 1.96 bits per heavy atom. The summed E-state index contributed by atoms with van der Waals surface area (Å²) in [6.07, 6.45) is 0. The smallest absolute Gasteiger partial charge is 0.307 e. The molecule has 3 aromatic rings. The fraction of sp³-hybridized carbons (Fsp3) is 0.0500. The van der Waals surface area contributed by atoms with E-state index in [-0.39, 0.29) is 6.03 Å². The summed E-state index contributed by atoms with van der Waals surface area (Å²) in [5, 5.41) is 3.54. The Labute approximate surface area is 146 Å². The second kappa shape index (κ2) is 7.20. The molecule has 0 unspecified atom stereocenters. The van der Waals surface area contributed by atoms with Gasteiger partial charge in [-0.3, -0.25) is 4.90 Å². The molecule has 0 radical (unpaired) electrons. The molecule has 2 amide bonds. The molecule has 0 fully saturated rings. The summed E-state index contributed by atoms with van der Waals surface area (Å²) in [6.45, 7) is 1.93. The number of hydrogen-bond acceptors (Lipinski definition) is 1. The van der Waals surface area contributed by atoms with Gasteiger partial charge in [0.1, 0.15) is 0 Å². The van der Waals surface area contributed by atoms with E-state index < -0.39 is 0 Å². The summed E-state index contributed by atoms with van der Waals surface area (Å²) in [6, 6.07) is 24.3. The fourth-order valence-corrected chi connectivity index (χ4v) is 2.61. The summed E-state index contributed by atoms with van der Waals surface area (Å²) in [5.41, 5.74) is 3.24. The molecule has 3 rings (SSSR count). The van der Waals surface area contributed by atoms with Crippen LogP contribution < -0.4 is 10.2 Å². The Balaban J connectivity index is 1.97. The SMILES string of the molecule is Cc1ccc(Cl)cc1NC(=O)N(c1ccccc1)c1ccccc1. The minimum Gasteiger partial charge on any atom is -0.307 e. The number of carbonyl (C=O) groups excluding carboxylic acids is 1. The van der Waals surface area contributed by atoms with Crippen molar-refractivity contribution < 1.29 is 4.79 Å². The van der Waals surface area contributed by atoms with Gasteiger partial charge >= 0.3 is 6.03 Å². The lowest BCUT2D eigenvalue weighted by atomic mass is 10.2. The molecule has 0 spiro atoms. The van der Waals surface area contributed by atoms with Gasteiger partial charge in [0.25, 0.3) is 0 Å². The molecule has 120 valence electrons. The van der Waals surface area contributed by atoms with Gasteiger partial charge in [0.15, 0.2) is 0 Å². The Morgan fingerprint density at radius 2 is 1.42 bits per heavy atom. The highest BCUT2D eigenvalue weighted by molar-refractivity contribution is 6.31. The summed E-state index contributed by atoms with van der Waals surface area (Å²) in [5.74, 6) is 0. The standard InChI is InChI=1S/C20H17ClN2O/c1-15-12-13-16(21)14-19(15)22-20(24)23(17-8-4-2-5-9-17)18-10-6-3-7-11-18/h2-14H,1H3,(H,22,24). The molecule has 0 aliphatic carbocycles. The summed E-state index contributed by atoms with van der Waals surface area (Å²) in [4.78, 5) is 14.6. The lowest BCUT2D eigenvalue weighted by molar-refractivity contribution is 0.259. The number of nitrogens with zero attached hydrogens (tertiary/aromatic N) is 1. The number of anilines is 3. The molecular weight excluding hydrogens is 320 g/mol. The molecule has 0 atom stereocenters. The molecule has 3 aromatic carbocycles. The van der Waals surface area contributed by atoms with E-state index in [1.54, 1.807) is 17.0 Å². The number of urea groups is 1. The van der Waals surface area contributed by atoms with Crippen molar-refractivity contribution in [2.75, 3.05) is 10.2 Å². The number of hydrogen-bond donors (Lipinski definition) is 1. The third kappa shape index (κ3) is 3.58. The number of carbonyl (C=O) groups is 1. The number of aryl methyl sites for hydroxylation is 1. The normalized spacial score (nSPS) is 10.2. The first-order valence-electron chi connectivity index (χ1n) is 7.62. The minimum atomic E-state index is -0.238. The van der Waals surface area contributed by atoms with E-state index >= 15 is 0 Å². The van der Waals surface area contributed by atoms with Crippen LogP contribution in [0.2, 0.25) is 5.02 Å². The lowest BCUT2D eigenvalue weighted by Crippen LogP contribution is -2.31. The number of para-hydroxylation sites is 2. The van der Waals surface area contributed by atoms with Gasteiger partial charge in [0, 0.05) is 10.7 Å². The number of benzene rings is 3. The van der Waals surface area contributed by atoms with Crippen molar-refractivity contribution in [3.05, 3.63) is 89.4 Å². The van der Waals surface area contributed by atoms with Crippen molar-refractivity contribution in [3.63, 3.8) is 0 Å². The van der Waals surface area contributed by atoms with Gasteiger partial charge in [-0.1, -0.05) is 54.1 Å². The van der Waals surface area contributed by atoms with Crippen molar-refractivity contribution >= 4 is 34.7 Å². The van der Waals surface area contributed by atoms with Crippen LogP contribution in [0.5, 0.6) is 0 Å². The highest BCUT2D eigenvalue weighted by Gasteiger charge is 2.18. The molecule has 4 heteroatoms. The average Bonchev–Trinajstić information content (AvgIpc) is 2.60. The highest BCUT2D eigenvalue weighted by atomic mass is 35.5. The summed E-state index contributed by atoms with van der Waals surface area (Å²) >= 11 is 6.05. The van der Waals surface area contributed by atoms with E-state index in [1.807, 2.05) is 73.7 Å². The van der Waals surface area contributed by atoms with Crippen LogP contribution in [0.1, 0.15) is 5.56 Å². The number of halogens is 1. The van der Waals surface area contributed by atoms with Gasteiger partial charge in [-0.15, -0.1) is 0 Å². The van der Waals surface area contributed by atoms with E-state index in [4.69, 9.17) is 11.6 Å². The second-order valence-electron chi connectivity index (χ2n) is 5.40. The minimum absolute atomic E-state index is 0.238. The Hall–Kier alpha value is -2.78. The van der Waals surface area contributed by atoms with Gasteiger partial charge in [-0.25, -0.2) is 4.79 Å². The zero-order valence-electron chi connectivity index (χ0n) is 13.2. The molecule has 0 saturated heterocycles.